The smallest absolute Gasteiger partial charge is 0.410 e. The topological polar surface area (TPSA) is 58.6 Å². The summed E-state index contributed by atoms with van der Waals surface area (Å²) in [6.45, 7) is 3.92. The second kappa shape index (κ2) is 5.26. The number of likely N-dealkylation sites (N-methyl/N-ethyl adjacent to an activating group) is 1. The highest BCUT2D eigenvalue weighted by atomic mass is 16.6. The number of ether oxygens (including phenoxy) is 1. The molecule has 5 heteroatoms. The second-order valence-corrected chi connectivity index (χ2v) is 2.86. The second-order valence-electron chi connectivity index (χ2n) is 2.86. The van der Waals surface area contributed by atoms with Gasteiger partial charge >= 0.3 is 6.09 Å². The Morgan fingerprint density at radius 1 is 1.71 bits per heavy atom. The van der Waals surface area contributed by atoms with E-state index in [-0.39, 0.29) is 12.0 Å². The standard InChI is InChI=1S/C9H14N2O3/c1-2-10-8(12)4-3-5-11-6-7-14-9(11)13/h3-4H,2,5-7H2,1H3,(H,10,12)/b4-3+. The fourth-order valence-corrected chi connectivity index (χ4v) is 1.11. The van der Waals surface area contributed by atoms with Crippen molar-refractivity contribution in [3.05, 3.63) is 12.2 Å². The van der Waals surface area contributed by atoms with Crippen LogP contribution in [0.5, 0.6) is 0 Å². The van der Waals surface area contributed by atoms with Crippen molar-refractivity contribution in [2.24, 2.45) is 0 Å². The Hall–Kier alpha value is -1.52. The molecule has 0 aliphatic carbocycles. The number of nitrogens with zero attached hydrogens (tertiary/aromatic N) is 1. The van der Waals surface area contributed by atoms with Gasteiger partial charge in [0.2, 0.25) is 5.91 Å². The lowest BCUT2D eigenvalue weighted by atomic mass is 10.4. The molecule has 1 heterocycles. The average molecular weight is 198 g/mol. The fourth-order valence-electron chi connectivity index (χ4n) is 1.11. The van der Waals surface area contributed by atoms with Crippen LogP contribution in [-0.2, 0) is 9.53 Å². The summed E-state index contributed by atoms with van der Waals surface area (Å²) in [4.78, 5) is 23.4. The van der Waals surface area contributed by atoms with Gasteiger partial charge in [-0.25, -0.2) is 4.79 Å². The first-order valence-electron chi connectivity index (χ1n) is 4.60. The maximum absolute atomic E-state index is 11.0. The molecular weight excluding hydrogens is 184 g/mol. The Bertz CT molecular complexity index is 250. The van der Waals surface area contributed by atoms with Crippen LogP contribution in [0.4, 0.5) is 4.79 Å². The summed E-state index contributed by atoms with van der Waals surface area (Å²) in [5.74, 6) is -0.139. The maximum Gasteiger partial charge on any atom is 0.410 e. The lowest BCUT2D eigenvalue weighted by Gasteiger charge is -2.07. The summed E-state index contributed by atoms with van der Waals surface area (Å²) in [5.41, 5.74) is 0. The summed E-state index contributed by atoms with van der Waals surface area (Å²) < 4.78 is 4.72. The molecule has 0 spiro atoms. The monoisotopic (exact) mass is 198 g/mol. The SMILES string of the molecule is CCNC(=O)/C=C/CN1CCOC1=O. The Morgan fingerprint density at radius 2 is 2.50 bits per heavy atom. The maximum atomic E-state index is 11.0. The largest absolute Gasteiger partial charge is 0.448 e. The molecule has 1 rings (SSSR count). The minimum atomic E-state index is -0.314. The number of hydrogen-bond acceptors (Lipinski definition) is 3. The Kier molecular flexibility index (Phi) is 3.97. The predicted octanol–water partition coefficient (Wildman–Crippen LogP) is 0.131. The van der Waals surface area contributed by atoms with Gasteiger partial charge in [0.25, 0.3) is 0 Å². The van der Waals surface area contributed by atoms with Crippen LogP contribution < -0.4 is 5.32 Å². The molecule has 14 heavy (non-hydrogen) atoms. The number of carbonyl (C=O) groups excluding carboxylic acids is 2. The molecule has 0 bridgehead atoms. The Morgan fingerprint density at radius 3 is 3.07 bits per heavy atom. The van der Waals surface area contributed by atoms with E-state index in [0.717, 1.165) is 0 Å². The number of hydrogen-bond donors (Lipinski definition) is 1. The minimum absolute atomic E-state index is 0.139. The molecule has 2 amide bonds. The minimum Gasteiger partial charge on any atom is -0.448 e. The number of carbonyl (C=O) groups is 2. The van der Waals surface area contributed by atoms with E-state index in [9.17, 15) is 9.59 Å². The van der Waals surface area contributed by atoms with Gasteiger partial charge in [0.1, 0.15) is 6.61 Å². The van der Waals surface area contributed by atoms with Gasteiger partial charge in [0.15, 0.2) is 0 Å². The zero-order valence-corrected chi connectivity index (χ0v) is 8.16. The lowest BCUT2D eigenvalue weighted by molar-refractivity contribution is -0.116. The summed E-state index contributed by atoms with van der Waals surface area (Å²) in [5, 5.41) is 2.62. The van der Waals surface area contributed by atoms with Crippen molar-refractivity contribution in [2.75, 3.05) is 26.2 Å². The average Bonchev–Trinajstić information content (AvgIpc) is 2.52. The molecule has 0 unspecified atom stereocenters. The molecule has 0 aromatic rings. The van der Waals surface area contributed by atoms with Crippen molar-refractivity contribution in [1.82, 2.24) is 10.2 Å². The van der Waals surface area contributed by atoms with Crippen LogP contribution >= 0.6 is 0 Å². The molecule has 1 saturated heterocycles. The van der Waals surface area contributed by atoms with E-state index in [1.54, 1.807) is 6.08 Å². The van der Waals surface area contributed by atoms with E-state index in [4.69, 9.17) is 4.74 Å². The molecule has 0 aromatic heterocycles. The molecule has 0 atom stereocenters. The third-order valence-electron chi connectivity index (χ3n) is 1.79. The van der Waals surface area contributed by atoms with Gasteiger partial charge in [0.05, 0.1) is 6.54 Å². The van der Waals surface area contributed by atoms with Crippen molar-refractivity contribution >= 4 is 12.0 Å². The van der Waals surface area contributed by atoms with Crippen LogP contribution in [0.2, 0.25) is 0 Å². The first kappa shape index (κ1) is 10.6. The van der Waals surface area contributed by atoms with E-state index < -0.39 is 0 Å². The quantitative estimate of drug-likeness (QED) is 0.653. The molecule has 0 saturated carbocycles. The highest BCUT2D eigenvalue weighted by molar-refractivity contribution is 5.87. The van der Waals surface area contributed by atoms with E-state index in [1.807, 2.05) is 6.92 Å². The van der Waals surface area contributed by atoms with Crippen molar-refractivity contribution in [3.63, 3.8) is 0 Å². The van der Waals surface area contributed by atoms with Crippen LogP contribution in [0.25, 0.3) is 0 Å². The van der Waals surface area contributed by atoms with Crippen molar-refractivity contribution < 1.29 is 14.3 Å². The molecule has 0 radical (unpaired) electrons. The first-order chi connectivity index (χ1) is 6.74. The van der Waals surface area contributed by atoms with E-state index in [1.165, 1.54) is 11.0 Å². The zero-order valence-electron chi connectivity index (χ0n) is 8.16. The van der Waals surface area contributed by atoms with Gasteiger partial charge in [-0.1, -0.05) is 6.08 Å². The number of cyclic esters (lactones) is 1. The van der Waals surface area contributed by atoms with Gasteiger partial charge in [-0.15, -0.1) is 0 Å². The zero-order chi connectivity index (χ0) is 10.4. The summed E-state index contributed by atoms with van der Waals surface area (Å²) in [6, 6.07) is 0. The summed E-state index contributed by atoms with van der Waals surface area (Å²) in [7, 11) is 0. The van der Waals surface area contributed by atoms with Crippen LogP contribution in [0.1, 0.15) is 6.92 Å². The molecule has 5 nitrogen and oxygen atoms in total. The first-order valence-corrected chi connectivity index (χ1v) is 4.60. The molecular formula is C9H14N2O3. The number of rotatable bonds is 4. The van der Waals surface area contributed by atoms with Gasteiger partial charge < -0.3 is 15.0 Å². The van der Waals surface area contributed by atoms with Gasteiger partial charge in [-0.3, -0.25) is 4.79 Å². The molecule has 1 fully saturated rings. The van der Waals surface area contributed by atoms with Gasteiger partial charge in [-0.05, 0) is 6.92 Å². The lowest BCUT2D eigenvalue weighted by Crippen LogP contribution is -2.25. The predicted molar refractivity (Wildman–Crippen MR) is 50.7 cm³/mol. The van der Waals surface area contributed by atoms with Crippen molar-refractivity contribution in [2.45, 2.75) is 6.92 Å². The molecule has 0 aromatic carbocycles. The van der Waals surface area contributed by atoms with Crippen molar-refractivity contribution in [1.29, 1.82) is 0 Å². The molecule has 1 N–H and O–H groups in total. The van der Waals surface area contributed by atoms with Gasteiger partial charge in [-0.2, -0.15) is 0 Å². The van der Waals surface area contributed by atoms with E-state index in [0.29, 0.717) is 26.2 Å². The molecule has 78 valence electrons. The van der Waals surface area contributed by atoms with Crippen LogP contribution in [0.3, 0.4) is 0 Å². The highest BCUT2D eigenvalue weighted by Gasteiger charge is 2.19. The molecule has 1 aliphatic rings. The highest BCUT2D eigenvalue weighted by Crippen LogP contribution is 2.01. The van der Waals surface area contributed by atoms with Crippen molar-refractivity contribution in [3.8, 4) is 0 Å². The van der Waals surface area contributed by atoms with E-state index in [2.05, 4.69) is 5.32 Å². The van der Waals surface area contributed by atoms with Crippen LogP contribution in [0.15, 0.2) is 12.2 Å². The summed E-state index contributed by atoms with van der Waals surface area (Å²) >= 11 is 0. The normalized spacial score (nSPS) is 16.1. The third-order valence-corrected chi connectivity index (χ3v) is 1.79. The Labute approximate surface area is 82.7 Å². The third kappa shape index (κ3) is 3.08. The Balaban J connectivity index is 2.25. The number of amides is 2. The van der Waals surface area contributed by atoms with Gasteiger partial charge in [0, 0.05) is 19.2 Å². The van der Waals surface area contributed by atoms with Crippen LogP contribution in [0, 0.1) is 0 Å². The summed E-state index contributed by atoms with van der Waals surface area (Å²) in [6.07, 6.45) is 2.76. The van der Waals surface area contributed by atoms with E-state index >= 15 is 0 Å². The fraction of sp³-hybridized carbons (Fsp3) is 0.556. The molecule has 1 aliphatic heterocycles. The van der Waals surface area contributed by atoms with Crippen LogP contribution in [-0.4, -0.2) is 43.1 Å². The number of nitrogens with one attached hydrogen (secondary N) is 1.